The third-order valence-electron chi connectivity index (χ3n) is 1.88. The van der Waals surface area contributed by atoms with Gasteiger partial charge in [0.25, 0.3) is 0 Å². The summed E-state index contributed by atoms with van der Waals surface area (Å²) in [6.07, 6.45) is 1.05. The van der Waals surface area contributed by atoms with Crippen LogP contribution in [0.25, 0.3) is 0 Å². The van der Waals surface area contributed by atoms with E-state index in [1.54, 1.807) is 0 Å². The van der Waals surface area contributed by atoms with Gasteiger partial charge in [-0.3, -0.25) is 9.59 Å². The van der Waals surface area contributed by atoms with E-state index in [0.29, 0.717) is 19.4 Å². The molecule has 1 aliphatic rings. The van der Waals surface area contributed by atoms with Crippen LogP contribution in [-0.2, 0) is 9.59 Å². The molecule has 2 N–H and O–H groups in total. The Morgan fingerprint density at radius 1 is 1.77 bits per heavy atom. The van der Waals surface area contributed by atoms with Crippen LogP contribution in [-0.4, -0.2) is 24.4 Å². The highest BCUT2D eigenvalue weighted by molar-refractivity contribution is 5.90. The fourth-order valence-corrected chi connectivity index (χ4v) is 1.17. The number of rotatable bonds is 3. The monoisotopic (exact) mass is 182 g/mol. The SMILES string of the molecule is C=C(C)CNC(=O)[C@@H]1CCC(=O)N1. The highest BCUT2D eigenvalue weighted by atomic mass is 16.2. The molecule has 0 radical (unpaired) electrons. The zero-order chi connectivity index (χ0) is 9.84. The Balaban J connectivity index is 2.31. The van der Waals surface area contributed by atoms with Crippen molar-refractivity contribution in [2.45, 2.75) is 25.8 Å². The zero-order valence-corrected chi connectivity index (χ0v) is 7.72. The zero-order valence-electron chi connectivity index (χ0n) is 7.72. The highest BCUT2D eigenvalue weighted by Crippen LogP contribution is 2.05. The third-order valence-corrected chi connectivity index (χ3v) is 1.88. The lowest BCUT2D eigenvalue weighted by atomic mass is 10.2. The van der Waals surface area contributed by atoms with Crippen LogP contribution in [0.4, 0.5) is 0 Å². The molecule has 1 heterocycles. The van der Waals surface area contributed by atoms with E-state index >= 15 is 0 Å². The molecule has 0 aromatic rings. The highest BCUT2D eigenvalue weighted by Gasteiger charge is 2.26. The van der Waals surface area contributed by atoms with E-state index in [9.17, 15) is 9.59 Å². The summed E-state index contributed by atoms with van der Waals surface area (Å²) >= 11 is 0. The molecule has 13 heavy (non-hydrogen) atoms. The van der Waals surface area contributed by atoms with Crippen molar-refractivity contribution in [3.05, 3.63) is 12.2 Å². The summed E-state index contributed by atoms with van der Waals surface area (Å²) in [6, 6.07) is -0.341. The van der Waals surface area contributed by atoms with E-state index in [2.05, 4.69) is 17.2 Å². The predicted molar refractivity (Wildman–Crippen MR) is 49.0 cm³/mol. The van der Waals surface area contributed by atoms with Gasteiger partial charge in [0.2, 0.25) is 11.8 Å². The Hall–Kier alpha value is -1.32. The van der Waals surface area contributed by atoms with Gasteiger partial charge in [0.15, 0.2) is 0 Å². The molecule has 0 aromatic heterocycles. The third kappa shape index (κ3) is 2.89. The molecular formula is C9H14N2O2. The van der Waals surface area contributed by atoms with E-state index in [4.69, 9.17) is 0 Å². The van der Waals surface area contributed by atoms with E-state index in [0.717, 1.165) is 5.57 Å². The molecule has 1 saturated heterocycles. The smallest absolute Gasteiger partial charge is 0.242 e. The molecule has 1 atom stereocenters. The molecule has 2 amide bonds. The van der Waals surface area contributed by atoms with Gasteiger partial charge in [-0.15, -0.1) is 0 Å². The van der Waals surface area contributed by atoms with Gasteiger partial charge in [0.05, 0.1) is 0 Å². The van der Waals surface area contributed by atoms with Gasteiger partial charge in [-0.25, -0.2) is 0 Å². The lowest BCUT2D eigenvalue weighted by Gasteiger charge is -2.10. The predicted octanol–water partition coefficient (Wildman–Crippen LogP) is -0.0427. The molecule has 0 aliphatic carbocycles. The first-order valence-electron chi connectivity index (χ1n) is 4.31. The maximum atomic E-state index is 11.3. The summed E-state index contributed by atoms with van der Waals surface area (Å²) in [7, 11) is 0. The average Bonchev–Trinajstić information content (AvgIpc) is 2.47. The van der Waals surface area contributed by atoms with Crippen molar-refractivity contribution >= 4 is 11.8 Å². The Kier molecular flexibility index (Phi) is 3.06. The molecule has 1 aliphatic heterocycles. The molecule has 0 spiro atoms. The largest absolute Gasteiger partial charge is 0.351 e. The van der Waals surface area contributed by atoms with E-state index in [1.165, 1.54) is 0 Å². The minimum atomic E-state index is -0.341. The molecule has 0 unspecified atom stereocenters. The number of amides is 2. The van der Waals surface area contributed by atoms with Crippen LogP contribution in [0.5, 0.6) is 0 Å². The summed E-state index contributed by atoms with van der Waals surface area (Å²) in [5.41, 5.74) is 0.901. The van der Waals surface area contributed by atoms with E-state index in [1.807, 2.05) is 6.92 Å². The molecule has 0 aromatic carbocycles. The van der Waals surface area contributed by atoms with Crippen molar-refractivity contribution in [3.8, 4) is 0 Å². The van der Waals surface area contributed by atoms with Crippen molar-refractivity contribution in [1.82, 2.24) is 10.6 Å². The van der Waals surface area contributed by atoms with E-state index < -0.39 is 0 Å². The van der Waals surface area contributed by atoms with Gasteiger partial charge in [-0.1, -0.05) is 12.2 Å². The number of carbonyl (C=O) groups excluding carboxylic acids is 2. The first kappa shape index (κ1) is 9.77. The first-order valence-corrected chi connectivity index (χ1v) is 4.31. The molecule has 0 bridgehead atoms. The Bertz CT molecular complexity index is 248. The van der Waals surface area contributed by atoms with Gasteiger partial charge < -0.3 is 10.6 Å². The fraction of sp³-hybridized carbons (Fsp3) is 0.556. The maximum absolute atomic E-state index is 11.3. The topological polar surface area (TPSA) is 58.2 Å². The van der Waals surface area contributed by atoms with Crippen molar-refractivity contribution < 1.29 is 9.59 Å². The second-order valence-electron chi connectivity index (χ2n) is 3.33. The van der Waals surface area contributed by atoms with Gasteiger partial charge >= 0.3 is 0 Å². The van der Waals surface area contributed by atoms with Crippen LogP contribution in [0.15, 0.2) is 12.2 Å². The van der Waals surface area contributed by atoms with Crippen molar-refractivity contribution in [1.29, 1.82) is 0 Å². The Labute approximate surface area is 77.4 Å². The van der Waals surface area contributed by atoms with E-state index in [-0.39, 0.29) is 17.9 Å². The number of nitrogens with one attached hydrogen (secondary N) is 2. The number of hydrogen-bond donors (Lipinski definition) is 2. The first-order chi connectivity index (χ1) is 6.09. The second-order valence-corrected chi connectivity index (χ2v) is 3.33. The molecule has 4 heteroatoms. The van der Waals surface area contributed by atoms with Crippen molar-refractivity contribution in [2.75, 3.05) is 6.54 Å². The molecule has 0 saturated carbocycles. The number of carbonyl (C=O) groups is 2. The normalized spacial score (nSPS) is 21.0. The lowest BCUT2D eigenvalue weighted by Crippen LogP contribution is -2.42. The van der Waals surface area contributed by atoms with Crippen LogP contribution in [0, 0.1) is 0 Å². The summed E-state index contributed by atoms with van der Waals surface area (Å²) in [4.78, 5) is 22.1. The summed E-state index contributed by atoms with van der Waals surface area (Å²) in [6.45, 7) is 5.98. The van der Waals surface area contributed by atoms with Crippen molar-refractivity contribution in [2.24, 2.45) is 0 Å². The van der Waals surface area contributed by atoms with Crippen LogP contribution in [0.1, 0.15) is 19.8 Å². The van der Waals surface area contributed by atoms with Crippen LogP contribution in [0.2, 0.25) is 0 Å². The summed E-state index contributed by atoms with van der Waals surface area (Å²) < 4.78 is 0. The Morgan fingerprint density at radius 2 is 2.46 bits per heavy atom. The second kappa shape index (κ2) is 4.07. The minimum absolute atomic E-state index is 0.0459. The molecule has 72 valence electrons. The van der Waals surface area contributed by atoms with Gasteiger partial charge in [-0.2, -0.15) is 0 Å². The number of hydrogen-bond acceptors (Lipinski definition) is 2. The standard InChI is InChI=1S/C9H14N2O2/c1-6(2)5-10-9(13)7-3-4-8(12)11-7/h7H,1,3-5H2,2H3,(H,10,13)(H,11,12)/t7-/m0/s1. The fourth-order valence-electron chi connectivity index (χ4n) is 1.17. The van der Waals surface area contributed by atoms with Crippen molar-refractivity contribution in [3.63, 3.8) is 0 Å². The molecule has 1 rings (SSSR count). The van der Waals surface area contributed by atoms with Gasteiger partial charge in [-0.05, 0) is 13.3 Å². The summed E-state index contributed by atoms with van der Waals surface area (Å²) in [5, 5.41) is 5.29. The van der Waals surface area contributed by atoms with Crippen LogP contribution < -0.4 is 10.6 Å². The molecular weight excluding hydrogens is 168 g/mol. The Morgan fingerprint density at radius 3 is 2.92 bits per heavy atom. The van der Waals surface area contributed by atoms with Crippen LogP contribution >= 0.6 is 0 Å². The van der Waals surface area contributed by atoms with Crippen LogP contribution in [0.3, 0.4) is 0 Å². The summed E-state index contributed by atoms with van der Waals surface area (Å²) in [5.74, 6) is -0.163. The molecule has 4 nitrogen and oxygen atoms in total. The quantitative estimate of drug-likeness (QED) is 0.601. The minimum Gasteiger partial charge on any atom is -0.351 e. The van der Waals surface area contributed by atoms with Gasteiger partial charge in [0.1, 0.15) is 6.04 Å². The molecule has 1 fully saturated rings. The van der Waals surface area contributed by atoms with Gasteiger partial charge in [0, 0.05) is 13.0 Å². The average molecular weight is 182 g/mol. The maximum Gasteiger partial charge on any atom is 0.242 e. The lowest BCUT2D eigenvalue weighted by molar-refractivity contribution is -0.125.